The van der Waals surface area contributed by atoms with Gasteiger partial charge in [-0.25, -0.2) is 0 Å². The summed E-state index contributed by atoms with van der Waals surface area (Å²) < 4.78 is 0. The molecule has 2 N–H and O–H groups in total. The molecule has 0 spiro atoms. The summed E-state index contributed by atoms with van der Waals surface area (Å²) in [6.07, 6.45) is 1.91. The number of halogens is 1. The summed E-state index contributed by atoms with van der Waals surface area (Å²) in [6, 6.07) is 5.85. The quantitative estimate of drug-likeness (QED) is 0.694. The van der Waals surface area contributed by atoms with Crippen LogP contribution in [-0.4, -0.2) is 12.0 Å². The van der Waals surface area contributed by atoms with Crippen LogP contribution in [0.15, 0.2) is 24.4 Å². The molecular weight excluding hydrogens is 172 g/mol. The molecule has 3 heteroatoms. The monoisotopic (exact) mass is 180 g/mol. The number of fused-ring (bicyclic) bond motifs is 1. The standard InChI is InChI=1S/C9H9ClN2/c1-11-8-5-12-9-6(8)3-2-4-7(9)10/h2-5,11-12H,1H3. The minimum absolute atomic E-state index is 0.758. The van der Waals surface area contributed by atoms with Crippen molar-refractivity contribution in [1.82, 2.24) is 4.98 Å². The Morgan fingerprint density at radius 1 is 1.42 bits per heavy atom. The Kier molecular flexibility index (Phi) is 1.70. The molecule has 0 aliphatic carbocycles. The molecule has 12 heavy (non-hydrogen) atoms. The molecule has 0 radical (unpaired) electrons. The molecule has 62 valence electrons. The van der Waals surface area contributed by atoms with Crippen molar-refractivity contribution in [3.63, 3.8) is 0 Å². The second-order valence-electron chi connectivity index (χ2n) is 2.61. The summed E-state index contributed by atoms with van der Waals surface area (Å²) in [5.41, 5.74) is 2.07. The average Bonchev–Trinajstić information content (AvgIpc) is 2.49. The Labute approximate surface area is 75.5 Å². The predicted octanol–water partition coefficient (Wildman–Crippen LogP) is 2.86. The molecule has 0 atom stereocenters. The van der Waals surface area contributed by atoms with Gasteiger partial charge in [0.25, 0.3) is 0 Å². The van der Waals surface area contributed by atoms with E-state index in [1.54, 1.807) is 0 Å². The molecular formula is C9H9ClN2. The highest BCUT2D eigenvalue weighted by molar-refractivity contribution is 6.35. The van der Waals surface area contributed by atoms with Crippen LogP contribution in [0.4, 0.5) is 5.69 Å². The fraction of sp³-hybridized carbons (Fsp3) is 0.111. The molecule has 2 rings (SSSR count). The van der Waals surface area contributed by atoms with Crippen LogP contribution in [0.3, 0.4) is 0 Å². The third-order valence-corrected chi connectivity index (χ3v) is 2.25. The van der Waals surface area contributed by atoms with Crippen molar-refractivity contribution in [2.45, 2.75) is 0 Å². The molecule has 0 bridgehead atoms. The van der Waals surface area contributed by atoms with Crippen molar-refractivity contribution in [3.05, 3.63) is 29.4 Å². The number of rotatable bonds is 1. The van der Waals surface area contributed by atoms with Gasteiger partial charge in [-0.3, -0.25) is 0 Å². The molecule has 1 heterocycles. The van der Waals surface area contributed by atoms with Crippen LogP contribution >= 0.6 is 11.6 Å². The first-order valence-electron chi connectivity index (χ1n) is 3.76. The van der Waals surface area contributed by atoms with Gasteiger partial charge in [-0.05, 0) is 6.07 Å². The van der Waals surface area contributed by atoms with Crippen LogP contribution in [0.2, 0.25) is 5.02 Å². The highest BCUT2D eigenvalue weighted by Crippen LogP contribution is 2.27. The lowest BCUT2D eigenvalue weighted by molar-refractivity contribution is 1.45. The number of hydrogen-bond acceptors (Lipinski definition) is 1. The Bertz CT molecular complexity index is 406. The van der Waals surface area contributed by atoms with E-state index in [1.807, 2.05) is 31.4 Å². The van der Waals surface area contributed by atoms with E-state index in [4.69, 9.17) is 11.6 Å². The third-order valence-electron chi connectivity index (χ3n) is 1.93. The smallest absolute Gasteiger partial charge is 0.0664 e. The van der Waals surface area contributed by atoms with Crippen molar-refractivity contribution in [1.29, 1.82) is 0 Å². The SMILES string of the molecule is CNc1c[nH]c2c(Cl)cccc12. The van der Waals surface area contributed by atoms with Gasteiger partial charge in [-0.1, -0.05) is 23.7 Å². The minimum Gasteiger partial charge on any atom is -0.386 e. The molecule has 1 aromatic heterocycles. The lowest BCUT2D eigenvalue weighted by Crippen LogP contribution is -1.83. The van der Waals surface area contributed by atoms with E-state index in [0.717, 1.165) is 21.6 Å². The van der Waals surface area contributed by atoms with Crippen molar-refractivity contribution >= 4 is 28.2 Å². The highest BCUT2D eigenvalue weighted by atomic mass is 35.5. The second-order valence-corrected chi connectivity index (χ2v) is 3.02. The zero-order valence-electron chi connectivity index (χ0n) is 6.69. The van der Waals surface area contributed by atoms with Gasteiger partial charge in [0, 0.05) is 18.6 Å². The van der Waals surface area contributed by atoms with Crippen LogP contribution in [0, 0.1) is 0 Å². The van der Waals surface area contributed by atoms with Gasteiger partial charge in [0.15, 0.2) is 0 Å². The van der Waals surface area contributed by atoms with E-state index >= 15 is 0 Å². The van der Waals surface area contributed by atoms with Crippen molar-refractivity contribution in [2.24, 2.45) is 0 Å². The van der Waals surface area contributed by atoms with Gasteiger partial charge < -0.3 is 10.3 Å². The largest absolute Gasteiger partial charge is 0.386 e. The summed E-state index contributed by atoms with van der Waals surface area (Å²) in [6.45, 7) is 0. The van der Waals surface area contributed by atoms with Crippen molar-refractivity contribution in [2.75, 3.05) is 12.4 Å². The topological polar surface area (TPSA) is 27.8 Å². The Balaban J connectivity index is 2.80. The summed E-state index contributed by atoms with van der Waals surface area (Å²) in [7, 11) is 1.89. The van der Waals surface area contributed by atoms with E-state index in [-0.39, 0.29) is 0 Å². The molecule has 0 amide bonds. The Morgan fingerprint density at radius 2 is 2.25 bits per heavy atom. The van der Waals surface area contributed by atoms with E-state index in [9.17, 15) is 0 Å². The third kappa shape index (κ3) is 0.959. The number of aromatic amines is 1. The molecule has 0 saturated carbocycles. The first-order valence-corrected chi connectivity index (χ1v) is 4.14. The zero-order valence-corrected chi connectivity index (χ0v) is 7.44. The summed E-state index contributed by atoms with van der Waals surface area (Å²) >= 11 is 5.97. The van der Waals surface area contributed by atoms with Crippen LogP contribution in [0.1, 0.15) is 0 Å². The van der Waals surface area contributed by atoms with Gasteiger partial charge in [0.2, 0.25) is 0 Å². The molecule has 0 aliphatic rings. The van der Waals surface area contributed by atoms with Gasteiger partial charge in [-0.15, -0.1) is 0 Å². The molecule has 0 fully saturated rings. The van der Waals surface area contributed by atoms with Gasteiger partial charge >= 0.3 is 0 Å². The van der Waals surface area contributed by atoms with Crippen LogP contribution in [-0.2, 0) is 0 Å². The molecule has 0 aliphatic heterocycles. The van der Waals surface area contributed by atoms with Crippen LogP contribution in [0.25, 0.3) is 10.9 Å². The Hall–Kier alpha value is -1.15. The maximum Gasteiger partial charge on any atom is 0.0664 e. The number of hydrogen-bond donors (Lipinski definition) is 2. The number of benzene rings is 1. The second kappa shape index (κ2) is 2.72. The fourth-order valence-corrected chi connectivity index (χ4v) is 1.55. The van der Waals surface area contributed by atoms with E-state index in [2.05, 4.69) is 10.3 Å². The predicted molar refractivity (Wildman–Crippen MR) is 52.9 cm³/mol. The van der Waals surface area contributed by atoms with E-state index < -0.39 is 0 Å². The number of aromatic nitrogens is 1. The molecule has 0 saturated heterocycles. The van der Waals surface area contributed by atoms with Gasteiger partial charge in [0.05, 0.1) is 16.2 Å². The molecule has 0 unspecified atom stereocenters. The summed E-state index contributed by atoms with van der Waals surface area (Å²) in [5.74, 6) is 0. The molecule has 1 aromatic carbocycles. The number of nitrogens with one attached hydrogen (secondary N) is 2. The lowest BCUT2D eigenvalue weighted by atomic mass is 10.2. The first-order chi connectivity index (χ1) is 5.83. The zero-order chi connectivity index (χ0) is 8.55. The number of H-pyrrole nitrogens is 1. The first kappa shape index (κ1) is 7.50. The average molecular weight is 181 g/mol. The summed E-state index contributed by atoms with van der Waals surface area (Å²) in [4.78, 5) is 3.11. The number of anilines is 1. The maximum atomic E-state index is 5.97. The highest BCUT2D eigenvalue weighted by Gasteiger charge is 2.03. The van der Waals surface area contributed by atoms with Gasteiger partial charge in [0.1, 0.15) is 0 Å². The molecule has 2 nitrogen and oxygen atoms in total. The lowest BCUT2D eigenvalue weighted by Gasteiger charge is -1.96. The summed E-state index contributed by atoms with van der Waals surface area (Å²) in [5, 5.41) is 4.98. The van der Waals surface area contributed by atoms with Crippen LogP contribution in [0.5, 0.6) is 0 Å². The van der Waals surface area contributed by atoms with Gasteiger partial charge in [-0.2, -0.15) is 0 Å². The minimum atomic E-state index is 0.758. The Morgan fingerprint density at radius 3 is 3.00 bits per heavy atom. The fourth-order valence-electron chi connectivity index (χ4n) is 1.32. The normalized spacial score (nSPS) is 10.5. The van der Waals surface area contributed by atoms with E-state index in [0.29, 0.717) is 0 Å². The van der Waals surface area contributed by atoms with Crippen LogP contribution < -0.4 is 5.32 Å². The van der Waals surface area contributed by atoms with Crippen molar-refractivity contribution < 1.29 is 0 Å². The van der Waals surface area contributed by atoms with E-state index in [1.165, 1.54) is 0 Å². The maximum absolute atomic E-state index is 5.97. The number of para-hydroxylation sites is 1. The molecule has 2 aromatic rings. The van der Waals surface area contributed by atoms with Crippen molar-refractivity contribution in [3.8, 4) is 0 Å².